The van der Waals surface area contributed by atoms with E-state index in [1.807, 2.05) is 0 Å². The molecule has 0 saturated carbocycles. The highest BCUT2D eigenvalue weighted by atomic mass is 16.5. The fourth-order valence-corrected chi connectivity index (χ4v) is 2.22. The molecule has 0 fully saturated rings. The van der Waals surface area contributed by atoms with Crippen molar-refractivity contribution in [2.24, 2.45) is 5.92 Å². The number of fused-ring (bicyclic) bond motifs is 1. The molecule has 1 heterocycles. The van der Waals surface area contributed by atoms with Crippen LogP contribution in [-0.2, 0) is 9.53 Å². The maximum Gasteiger partial charge on any atom is 0.316 e. The van der Waals surface area contributed by atoms with Gasteiger partial charge in [-0.3, -0.25) is 4.79 Å². The van der Waals surface area contributed by atoms with Crippen LogP contribution in [0.3, 0.4) is 0 Å². The highest BCUT2D eigenvalue weighted by Gasteiger charge is 2.26. The first-order chi connectivity index (χ1) is 9.51. The minimum absolute atomic E-state index is 0.171. The molecule has 1 atom stereocenters. The monoisotopic (exact) mass is 276 g/mol. The molecule has 5 heteroatoms. The molecule has 108 valence electrons. The quantitative estimate of drug-likeness (QED) is 0.823. The van der Waals surface area contributed by atoms with Gasteiger partial charge in [0.15, 0.2) is 0 Å². The zero-order chi connectivity index (χ0) is 14.7. The second kappa shape index (κ2) is 5.94. The van der Waals surface area contributed by atoms with Crippen molar-refractivity contribution in [1.29, 1.82) is 0 Å². The molecule has 0 spiro atoms. The number of carbonyl (C=O) groups is 1. The number of hydrogen-bond acceptors (Lipinski definition) is 4. The van der Waals surface area contributed by atoms with Crippen LogP contribution in [0.15, 0.2) is 18.2 Å². The van der Waals surface area contributed by atoms with Crippen molar-refractivity contribution < 1.29 is 14.6 Å². The average molecular weight is 276 g/mol. The number of ether oxygens (including phenoxy) is 1. The molecule has 2 aromatic rings. The fraction of sp³-hybridized carbons (Fsp3) is 0.467. The molecule has 0 bridgehead atoms. The number of phenols is 1. The van der Waals surface area contributed by atoms with Gasteiger partial charge in [0.1, 0.15) is 17.5 Å². The number of phenolic OH excluding ortho intramolecular Hbond substituents is 1. The molecule has 20 heavy (non-hydrogen) atoms. The van der Waals surface area contributed by atoms with Gasteiger partial charge in [0.2, 0.25) is 0 Å². The van der Waals surface area contributed by atoms with Crippen molar-refractivity contribution in [1.82, 2.24) is 9.97 Å². The summed E-state index contributed by atoms with van der Waals surface area (Å²) in [7, 11) is 0. The molecular weight excluding hydrogens is 256 g/mol. The molecule has 2 N–H and O–H groups in total. The van der Waals surface area contributed by atoms with Crippen molar-refractivity contribution in [2.45, 2.75) is 33.1 Å². The third-order valence-corrected chi connectivity index (χ3v) is 3.09. The topological polar surface area (TPSA) is 75.2 Å². The first-order valence-corrected chi connectivity index (χ1v) is 6.86. The van der Waals surface area contributed by atoms with E-state index in [4.69, 9.17) is 4.74 Å². The summed E-state index contributed by atoms with van der Waals surface area (Å²) in [4.78, 5) is 19.6. The number of nitrogens with zero attached hydrogens (tertiary/aromatic N) is 1. The van der Waals surface area contributed by atoms with Crippen LogP contribution < -0.4 is 0 Å². The predicted octanol–water partition coefficient (Wildman–Crippen LogP) is 2.96. The van der Waals surface area contributed by atoms with E-state index in [0.717, 1.165) is 11.0 Å². The smallest absolute Gasteiger partial charge is 0.316 e. The third-order valence-electron chi connectivity index (χ3n) is 3.09. The van der Waals surface area contributed by atoms with Crippen LogP contribution in [0.5, 0.6) is 5.75 Å². The van der Waals surface area contributed by atoms with Crippen LogP contribution in [0, 0.1) is 5.92 Å². The van der Waals surface area contributed by atoms with Gasteiger partial charge in [0.05, 0.1) is 17.6 Å². The Bertz CT molecular complexity index is 604. The van der Waals surface area contributed by atoms with E-state index in [2.05, 4.69) is 23.8 Å². The van der Waals surface area contributed by atoms with E-state index in [9.17, 15) is 9.90 Å². The van der Waals surface area contributed by atoms with Gasteiger partial charge < -0.3 is 14.8 Å². The molecule has 0 saturated heterocycles. The van der Waals surface area contributed by atoms with Crippen molar-refractivity contribution in [3.63, 3.8) is 0 Å². The maximum atomic E-state index is 12.1. The van der Waals surface area contributed by atoms with Crippen LogP contribution in [0.25, 0.3) is 11.0 Å². The minimum Gasteiger partial charge on any atom is -0.508 e. The lowest BCUT2D eigenvalue weighted by Gasteiger charge is -2.15. The van der Waals surface area contributed by atoms with Gasteiger partial charge in [0.25, 0.3) is 0 Å². The van der Waals surface area contributed by atoms with E-state index < -0.39 is 5.92 Å². The van der Waals surface area contributed by atoms with Crippen LogP contribution >= 0.6 is 0 Å². The normalized spacial score (nSPS) is 12.8. The van der Waals surface area contributed by atoms with E-state index in [-0.39, 0.29) is 11.7 Å². The molecular formula is C15H20N2O3. The summed E-state index contributed by atoms with van der Waals surface area (Å²) in [5.74, 6) is 0.460. The second-order valence-electron chi connectivity index (χ2n) is 5.26. The largest absolute Gasteiger partial charge is 0.508 e. The Hall–Kier alpha value is -2.04. The number of aromatic nitrogens is 2. The number of nitrogens with one attached hydrogen (secondary N) is 1. The first kappa shape index (κ1) is 14.4. The van der Waals surface area contributed by atoms with Gasteiger partial charge in [-0.25, -0.2) is 4.98 Å². The van der Waals surface area contributed by atoms with Crippen molar-refractivity contribution in [2.75, 3.05) is 6.61 Å². The molecule has 0 radical (unpaired) electrons. The Morgan fingerprint density at radius 2 is 2.20 bits per heavy atom. The highest BCUT2D eigenvalue weighted by Crippen LogP contribution is 2.26. The molecule has 5 nitrogen and oxygen atoms in total. The van der Waals surface area contributed by atoms with Gasteiger partial charge in [-0.15, -0.1) is 0 Å². The number of carbonyl (C=O) groups excluding carboxylic acids is 1. The van der Waals surface area contributed by atoms with Gasteiger partial charge in [-0.05, 0) is 31.4 Å². The molecule has 1 unspecified atom stereocenters. The minimum atomic E-state index is -0.399. The number of rotatable bonds is 5. The summed E-state index contributed by atoms with van der Waals surface area (Å²) in [5.41, 5.74) is 1.45. The molecule has 0 aliphatic carbocycles. The lowest BCUT2D eigenvalue weighted by molar-refractivity contribution is -0.145. The summed E-state index contributed by atoms with van der Waals surface area (Å²) in [5, 5.41) is 9.48. The third kappa shape index (κ3) is 3.10. The SMILES string of the molecule is CCOC(=O)C(CC(C)C)c1nc2ccc(O)cc2[nH]1. The predicted molar refractivity (Wildman–Crippen MR) is 76.6 cm³/mol. The summed E-state index contributed by atoms with van der Waals surface area (Å²) in [6.07, 6.45) is 0.671. The molecule has 0 aliphatic heterocycles. The zero-order valence-corrected chi connectivity index (χ0v) is 12.0. The number of H-pyrrole nitrogens is 1. The van der Waals surface area contributed by atoms with Gasteiger partial charge in [-0.1, -0.05) is 13.8 Å². The Balaban J connectivity index is 2.36. The lowest BCUT2D eigenvalue weighted by atomic mass is 9.96. The Kier molecular flexibility index (Phi) is 4.27. The number of esters is 1. The highest BCUT2D eigenvalue weighted by molar-refractivity contribution is 5.81. The van der Waals surface area contributed by atoms with E-state index in [1.54, 1.807) is 25.1 Å². The lowest BCUT2D eigenvalue weighted by Crippen LogP contribution is -2.19. The Morgan fingerprint density at radius 3 is 2.85 bits per heavy atom. The average Bonchev–Trinajstić information content (AvgIpc) is 2.78. The van der Waals surface area contributed by atoms with Crippen molar-refractivity contribution >= 4 is 17.0 Å². The van der Waals surface area contributed by atoms with E-state index in [0.29, 0.717) is 24.8 Å². The number of aromatic hydroxyl groups is 1. The summed E-state index contributed by atoms with van der Waals surface area (Å²) in [6, 6.07) is 4.90. The number of aromatic amines is 1. The van der Waals surface area contributed by atoms with Crippen molar-refractivity contribution in [3.05, 3.63) is 24.0 Å². The molecule has 2 rings (SSSR count). The summed E-state index contributed by atoms with van der Waals surface area (Å²) >= 11 is 0. The van der Waals surface area contributed by atoms with Gasteiger partial charge in [-0.2, -0.15) is 0 Å². The number of hydrogen-bond donors (Lipinski definition) is 2. The number of benzene rings is 1. The molecule has 1 aromatic heterocycles. The van der Waals surface area contributed by atoms with E-state index in [1.165, 1.54) is 0 Å². The Morgan fingerprint density at radius 1 is 1.45 bits per heavy atom. The Labute approximate surface area is 118 Å². The van der Waals surface area contributed by atoms with Crippen LogP contribution in [-0.4, -0.2) is 27.7 Å². The zero-order valence-electron chi connectivity index (χ0n) is 12.0. The molecule has 0 aliphatic rings. The summed E-state index contributed by atoms with van der Waals surface area (Å²) < 4.78 is 5.13. The molecule has 0 amide bonds. The van der Waals surface area contributed by atoms with Gasteiger partial charge >= 0.3 is 5.97 Å². The van der Waals surface area contributed by atoms with E-state index >= 15 is 0 Å². The van der Waals surface area contributed by atoms with Crippen LogP contribution in [0.1, 0.15) is 38.9 Å². The van der Waals surface area contributed by atoms with Crippen LogP contribution in [0.2, 0.25) is 0 Å². The van der Waals surface area contributed by atoms with Crippen LogP contribution in [0.4, 0.5) is 0 Å². The standard InChI is InChI=1S/C15H20N2O3/c1-4-20-15(19)11(7-9(2)3)14-16-12-6-5-10(18)8-13(12)17-14/h5-6,8-9,11,18H,4,7H2,1-3H3,(H,16,17). The second-order valence-corrected chi connectivity index (χ2v) is 5.26. The van der Waals surface area contributed by atoms with Gasteiger partial charge in [0, 0.05) is 6.07 Å². The maximum absolute atomic E-state index is 12.1. The number of imidazole rings is 1. The molecule has 1 aromatic carbocycles. The van der Waals surface area contributed by atoms with Crippen molar-refractivity contribution in [3.8, 4) is 5.75 Å². The fourth-order valence-electron chi connectivity index (χ4n) is 2.22. The summed E-state index contributed by atoms with van der Waals surface area (Å²) in [6.45, 7) is 6.26. The first-order valence-electron chi connectivity index (χ1n) is 6.86.